The van der Waals surface area contributed by atoms with Crippen molar-refractivity contribution in [1.29, 1.82) is 0 Å². The van der Waals surface area contributed by atoms with Crippen LogP contribution in [0.2, 0.25) is 0 Å². The maximum absolute atomic E-state index is 5.30. The molecule has 5 N–H and O–H groups in total. The van der Waals surface area contributed by atoms with Crippen molar-refractivity contribution < 1.29 is 0 Å². The molecule has 0 fully saturated rings. The highest BCUT2D eigenvalue weighted by Crippen LogP contribution is 1.96. The summed E-state index contributed by atoms with van der Waals surface area (Å²) in [5.41, 5.74) is 11.5. The van der Waals surface area contributed by atoms with Crippen molar-refractivity contribution in [1.82, 2.24) is 9.97 Å². The van der Waals surface area contributed by atoms with E-state index in [9.17, 15) is 0 Å². The Balaban J connectivity index is 0.000000810. The number of anilines is 1. The first-order valence-corrected chi connectivity index (χ1v) is 2.83. The zero-order chi connectivity index (χ0) is 6.69. The van der Waals surface area contributed by atoms with Gasteiger partial charge in [-0.15, -0.1) is 12.4 Å². The Morgan fingerprint density at radius 2 is 2.30 bits per heavy atom. The predicted octanol–water partition coefficient (Wildman–Crippen LogP) is -0.0851. The maximum Gasteiger partial charge on any atom is 0.197 e. The van der Waals surface area contributed by atoms with Gasteiger partial charge in [-0.3, -0.25) is 0 Å². The van der Waals surface area contributed by atoms with E-state index in [1.807, 2.05) is 0 Å². The van der Waals surface area contributed by atoms with Crippen molar-refractivity contribution in [2.45, 2.75) is 6.42 Å². The maximum atomic E-state index is 5.30. The van der Waals surface area contributed by atoms with Gasteiger partial charge in [0.2, 0.25) is 0 Å². The third kappa shape index (κ3) is 2.24. The lowest BCUT2D eigenvalue weighted by Gasteiger charge is -1.85. The molecule has 0 aromatic carbocycles. The molecule has 0 aliphatic carbocycles. The van der Waals surface area contributed by atoms with Crippen LogP contribution in [-0.4, -0.2) is 16.5 Å². The molecule has 0 saturated carbocycles. The summed E-state index contributed by atoms with van der Waals surface area (Å²) in [6.45, 7) is 0.615. The minimum atomic E-state index is 0. The van der Waals surface area contributed by atoms with E-state index in [0.29, 0.717) is 12.5 Å². The summed E-state index contributed by atoms with van der Waals surface area (Å²) in [7, 11) is 0. The van der Waals surface area contributed by atoms with E-state index in [0.717, 1.165) is 12.1 Å². The van der Waals surface area contributed by atoms with Crippen LogP contribution < -0.4 is 11.5 Å². The van der Waals surface area contributed by atoms with Crippen molar-refractivity contribution in [2.24, 2.45) is 5.73 Å². The first kappa shape index (κ1) is 9.26. The van der Waals surface area contributed by atoms with E-state index in [4.69, 9.17) is 11.5 Å². The van der Waals surface area contributed by atoms with E-state index in [2.05, 4.69) is 9.97 Å². The van der Waals surface area contributed by atoms with Gasteiger partial charge in [-0.25, -0.2) is 4.98 Å². The lowest BCUT2D eigenvalue weighted by atomic mass is 10.3. The number of H-pyrrole nitrogens is 1. The average Bonchev–Trinajstić information content (AvgIpc) is 2.17. The lowest BCUT2D eigenvalue weighted by molar-refractivity contribution is 0.936. The van der Waals surface area contributed by atoms with E-state index < -0.39 is 0 Å². The highest BCUT2D eigenvalue weighted by Gasteiger charge is 1.93. The van der Waals surface area contributed by atoms with Gasteiger partial charge in [-0.2, -0.15) is 0 Å². The van der Waals surface area contributed by atoms with E-state index in [1.54, 1.807) is 6.20 Å². The van der Waals surface area contributed by atoms with Crippen LogP contribution in [0, 0.1) is 0 Å². The lowest BCUT2D eigenvalue weighted by Crippen LogP contribution is -2.02. The summed E-state index contributed by atoms with van der Waals surface area (Å²) in [6, 6.07) is 0. The normalized spacial score (nSPS) is 8.90. The molecule has 1 rings (SSSR count). The zero-order valence-electron chi connectivity index (χ0n) is 5.50. The smallest absolute Gasteiger partial charge is 0.197 e. The fraction of sp³-hybridized carbons (Fsp3) is 0.400. The van der Waals surface area contributed by atoms with Crippen molar-refractivity contribution in [3.05, 3.63) is 11.9 Å². The number of aromatic nitrogens is 2. The Bertz CT molecular complexity index is 186. The summed E-state index contributed by atoms with van der Waals surface area (Å²) < 4.78 is 0. The van der Waals surface area contributed by atoms with Crippen molar-refractivity contribution in [3.8, 4) is 0 Å². The number of imidazole rings is 1. The number of nitrogen functional groups attached to an aromatic ring is 1. The van der Waals surface area contributed by atoms with Crippen LogP contribution in [0.15, 0.2) is 6.20 Å². The molecule has 5 heteroatoms. The molecule has 0 bridgehead atoms. The second-order valence-electron chi connectivity index (χ2n) is 1.82. The van der Waals surface area contributed by atoms with Crippen molar-refractivity contribution >= 4 is 18.4 Å². The Hall–Kier alpha value is -0.740. The molecule has 0 radical (unpaired) electrons. The Morgan fingerprint density at radius 3 is 2.70 bits per heavy atom. The molecule has 1 aromatic heterocycles. The Kier molecular flexibility index (Phi) is 3.83. The summed E-state index contributed by atoms with van der Waals surface area (Å²) in [5, 5.41) is 0. The molecule has 10 heavy (non-hydrogen) atoms. The fourth-order valence-electron chi connectivity index (χ4n) is 0.652. The van der Waals surface area contributed by atoms with Gasteiger partial charge in [0.05, 0.1) is 5.69 Å². The van der Waals surface area contributed by atoms with E-state index in [1.165, 1.54) is 0 Å². The number of nitrogens with zero attached hydrogens (tertiary/aromatic N) is 1. The van der Waals surface area contributed by atoms with Crippen LogP contribution in [0.25, 0.3) is 0 Å². The third-order valence-corrected chi connectivity index (χ3v) is 1.05. The van der Waals surface area contributed by atoms with Crippen LogP contribution in [0.5, 0.6) is 0 Å². The number of aromatic amines is 1. The topological polar surface area (TPSA) is 80.7 Å². The number of nitrogens with two attached hydrogens (primary N) is 2. The van der Waals surface area contributed by atoms with E-state index >= 15 is 0 Å². The molecule has 1 heterocycles. The quantitative estimate of drug-likeness (QED) is 0.569. The van der Waals surface area contributed by atoms with Crippen LogP contribution in [0.3, 0.4) is 0 Å². The number of nitrogens with one attached hydrogen (secondary N) is 1. The van der Waals surface area contributed by atoms with Crippen LogP contribution >= 0.6 is 12.4 Å². The van der Waals surface area contributed by atoms with Gasteiger partial charge >= 0.3 is 0 Å². The highest BCUT2D eigenvalue weighted by molar-refractivity contribution is 5.85. The third-order valence-electron chi connectivity index (χ3n) is 1.05. The minimum Gasteiger partial charge on any atom is -0.369 e. The molecular weight excluding hydrogens is 152 g/mol. The number of hydrogen-bond donors (Lipinski definition) is 3. The molecule has 4 nitrogen and oxygen atoms in total. The van der Waals surface area contributed by atoms with Crippen molar-refractivity contribution in [3.63, 3.8) is 0 Å². The van der Waals surface area contributed by atoms with Gasteiger partial charge in [0.1, 0.15) is 0 Å². The summed E-state index contributed by atoms with van der Waals surface area (Å²) in [6.07, 6.45) is 2.55. The summed E-state index contributed by atoms with van der Waals surface area (Å²) >= 11 is 0. The molecule has 0 spiro atoms. The summed E-state index contributed by atoms with van der Waals surface area (Å²) in [5.74, 6) is 0.457. The van der Waals surface area contributed by atoms with Gasteiger partial charge in [0, 0.05) is 12.6 Å². The van der Waals surface area contributed by atoms with Gasteiger partial charge in [-0.1, -0.05) is 0 Å². The van der Waals surface area contributed by atoms with Gasteiger partial charge in [-0.05, 0) is 6.54 Å². The molecular formula is C5H11ClN4. The molecule has 0 unspecified atom stereocenters. The largest absolute Gasteiger partial charge is 0.369 e. The van der Waals surface area contributed by atoms with E-state index in [-0.39, 0.29) is 12.4 Å². The molecule has 0 amide bonds. The average molecular weight is 163 g/mol. The van der Waals surface area contributed by atoms with Crippen LogP contribution in [0.1, 0.15) is 5.69 Å². The fourth-order valence-corrected chi connectivity index (χ4v) is 0.652. The second kappa shape index (κ2) is 4.14. The van der Waals surface area contributed by atoms with Crippen LogP contribution in [-0.2, 0) is 6.42 Å². The monoisotopic (exact) mass is 162 g/mol. The molecule has 0 atom stereocenters. The number of hydrogen-bond acceptors (Lipinski definition) is 3. The van der Waals surface area contributed by atoms with Gasteiger partial charge in [0.15, 0.2) is 5.95 Å². The summed E-state index contributed by atoms with van der Waals surface area (Å²) in [4.78, 5) is 6.71. The molecule has 1 aromatic rings. The predicted molar refractivity (Wildman–Crippen MR) is 43.0 cm³/mol. The first-order valence-electron chi connectivity index (χ1n) is 2.83. The molecule has 58 valence electrons. The Labute approximate surface area is 65.4 Å². The number of rotatable bonds is 2. The van der Waals surface area contributed by atoms with Crippen LogP contribution in [0.4, 0.5) is 5.95 Å². The number of halogens is 1. The molecule has 0 aliphatic heterocycles. The zero-order valence-corrected chi connectivity index (χ0v) is 6.32. The standard InChI is InChI=1S/C5H10N4.ClH/c6-2-1-4-3-8-5(7)9-4;/h3H,1-2,6H2,(H3,7,8,9);1H. The molecule has 0 saturated heterocycles. The second-order valence-corrected chi connectivity index (χ2v) is 1.82. The SMILES string of the molecule is Cl.NCCc1c[nH]c(N)n1. The first-order chi connectivity index (χ1) is 4.33. The van der Waals surface area contributed by atoms with Gasteiger partial charge < -0.3 is 16.5 Å². The highest BCUT2D eigenvalue weighted by atomic mass is 35.5. The van der Waals surface area contributed by atoms with Gasteiger partial charge in [0.25, 0.3) is 0 Å². The van der Waals surface area contributed by atoms with Crippen molar-refractivity contribution in [2.75, 3.05) is 12.3 Å². The molecule has 0 aliphatic rings. The minimum absolute atomic E-state index is 0. The Morgan fingerprint density at radius 1 is 1.60 bits per heavy atom.